The molecule has 0 radical (unpaired) electrons. The van der Waals surface area contributed by atoms with Crippen LogP contribution in [0.25, 0.3) is 0 Å². The first-order valence-electron chi connectivity index (χ1n) is 7.93. The van der Waals surface area contributed by atoms with Gasteiger partial charge < -0.3 is 4.90 Å². The van der Waals surface area contributed by atoms with Crippen LogP contribution < -0.4 is 0 Å². The predicted octanol–water partition coefficient (Wildman–Crippen LogP) is 4.71. The van der Waals surface area contributed by atoms with E-state index in [1.165, 1.54) is 5.56 Å². The molecule has 0 bridgehead atoms. The topological polar surface area (TPSA) is 28.5 Å². The number of rotatable bonds is 3. The van der Waals surface area contributed by atoms with Crippen molar-refractivity contribution in [3.8, 4) is 0 Å². The highest BCUT2D eigenvalue weighted by Gasteiger charge is 2.45. The van der Waals surface area contributed by atoms with Gasteiger partial charge >= 0.3 is 0 Å². The molecule has 0 unspecified atom stereocenters. The second kappa shape index (κ2) is 6.17. The molecule has 1 fully saturated rings. The molecule has 0 spiro atoms. The zero-order chi connectivity index (χ0) is 15.8. The van der Waals surface area contributed by atoms with E-state index in [0.717, 1.165) is 28.1 Å². The molecule has 23 heavy (non-hydrogen) atoms. The molecule has 118 valence electrons. The van der Waals surface area contributed by atoms with Gasteiger partial charge in [-0.25, -0.2) is 0 Å². The number of amidine groups is 1. The van der Waals surface area contributed by atoms with Crippen molar-refractivity contribution >= 4 is 28.5 Å². The lowest BCUT2D eigenvalue weighted by Gasteiger charge is -2.31. The molecule has 0 N–H and O–H groups in total. The van der Waals surface area contributed by atoms with Crippen molar-refractivity contribution in [3.05, 3.63) is 64.9 Å². The van der Waals surface area contributed by atoms with E-state index in [2.05, 4.69) is 35.0 Å². The monoisotopic (exact) mass is 343 g/mol. The third kappa shape index (κ3) is 2.64. The van der Waals surface area contributed by atoms with E-state index in [9.17, 15) is 0 Å². The van der Waals surface area contributed by atoms with Crippen LogP contribution in [-0.4, -0.2) is 26.8 Å². The molecular formula is C18H18ClN3S. The molecular weight excluding hydrogens is 326 g/mol. The van der Waals surface area contributed by atoms with Gasteiger partial charge in [0, 0.05) is 23.0 Å². The number of fused-ring (bicyclic) bond motifs is 1. The molecule has 2 aliphatic heterocycles. The van der Waals surface area contributed by atoms with Crippen LogP contribution in [0.2, 0.25) is 5.02 Å². The Morgan fingerprint density at radius 1 is 1.22 bits per heavy atom. The number of halogens is 1. The molecule has 3 heterocycles. The molecule has 3 nitrogen and oxygen atoms in total. The smallest absolute Gasteiger partial charge is 0.160 e. The summed E-state index contributed by atoms with van der Waals surface area (Å²) >= 11 is 7.95. The SMILES string of the molecule is CC[C@@H]1CSC2=N[C@H](c3ccccn3)[C@@H](c3ccc(Cl)cc3)N21. The van der Waals surface area contributed by atoms with Crippen molar-refractivity contribution in [2.24, 2.45) is 4.99 Å². The van der Waals surface area contributed by atoms with Gasteiger partial charge in [-0.05, 0) is 36.2 Å². The largest absolute Gasteiger partial charge is 0.338 e. The summed E-state index contributed by atoms with van der Waals surface area (Å²) in [6.07, 6.45) is 2.98. The number of nitrogens with zero attached hydrogens (tertiary/aromatic N) is 3. The van der Waals surface area contributed by atoms with E-state index >= 15 is 0 Å². The van der Waals surface area contributed by atoms with Crippen LogP contribution in [0.4, 0.5) is 0 Å². The normalized spacial score (nSPS) is 26.3. The Hall–Kier alpha value is -1.52. The van der Waals surface area contributed by atoms with Gasteiger partial charge in [0.05, 0.1) is 11.7 Å². The Kier molecular flexibility index (Phi) is 4.04. The average molecular weight is 344 g/mol. The van der Waals surface area contributed by atoms with Crippen LogP contribution >= 0.6 is 23.4 Å². The van der Waals surface area contributed by atoms with Crippen molar-refractivity contribution in [2.45, 2.75) is 31.5 Å². The first kappa shape index (κ1) is 15.0. The summed E-state index contributed by atoms with van der Waals surface area (Å²) in [5.41, 5.74) is 2.29. The average Bonchev–Trinajstić information content (AvgIpc) is 3.15. The highest BCUT2D eigenvalue weighted by molar-refractivity contribution is 8.14. The predicted molar refractivity (Wildman–Crippen MR) is 97.0 cm³/mol. The molecule has 4 rings (SSSR count). The summed E-state index contributed by atoms with van der Waals surface area (Å²) in [7, 11) is 0. The van der Waals surface area contributed by atoms with Crippen molar-refractivity contribution in [2.75, 3.05) is 5.75 Å². The van der Waals surface area contributed by atoms with E-state index in [1.54, 1.807) is 0 Å². The second-order valence-electron chi connectivity index (χ2n) is 5.89. The second-order valence-corrected chi connectivity index (χ2v) is 7.31. The van der Waals surface area contributed by atoms with Crippen molar-refractivity contribution in [3.63, 3.8) is 0 Å². The molecule has 0 amide bonds. The molecule has 0 aliphatic carbocycles. The number of aliphatic imine (C=N–C) groups is 1. The molecule has 2 aromatic rings. The maximum Gasteiger partial charge on any atom is 0.160 e. The Labute approximate surface area is 145 Å². The zero-order valence-electron chi connectivity index (χ0n) is 12.9. The van der Waals surface area contributed by atoms with Crippen LogP contribution in [0.15, 0.2) is 53.7 Å². The van der Waals surface area contributed by atoms with Gasteiger partial charge in [-0.15, -0.1) is 0 Å². The third-order valence-corrected chi connectivity index (χ3v) is 5.92. The Bertz CT molecular complexity index is 717. The molecule has 3 atom stereocenters. The van der Waals surface area contributed by atoms with E-state index < -0.39 is 0 Å². The minimum absolute atomic E-state index is 0.0502. The van der Waals surface area contributed by atoms with Crippen LogP contribution in [0.1, 0.15) is 36.7 Å². The number of aromatic nitrogens is 1. The van der Waals surface area contributed by atoms with Gasteiger partial charge in [0.15, 0.2) is 5.17 Å². The zero-order valence-corrected chi connectivity index (χ0v) is 14.5. The van der Waals surface area contributed by atoms with E-state index in [4.69, 9.17) is 16.6 Å². The summed E-state index contributed by atoms with van der Waals surface area (Å²) < 4.78 is 0. The quantitative estimate of drug-likeness (QED) is 0.807. The summed E-state index contributed by atoms with van der Waals surface area (Å²) in [4.78, 5) is 12.1. The maximum atomic E-state index is 6.08. The van der Waals surface area contributed by atoms with Crippen LogP contribution in [0, 0.1) is 0 Å². The van der Waals surface area contributed by atoms with Crippen LogP contribution in [0.5, 0.6) is 0 Å². The Morgan fingerprint density at radius 2 is 2.04 bits per heavy atom. The lowest BCUT2D eigenvalue weighted by atomic mass is 9.95. The first-order chi connectivity index (χ1) is 11.3. The van der Waals surface area contributed by atoms with E-state index in [1.807, 2.05) is 42.2 Å². The lowest BCUT2D eigenvalue weighted by Crippen LogP contribution is -2.35. The number of benzene rings is 1. The van der Waals surface area contributed by atoms with Gasteiger partial charge in [-0.3, -0.25) is 9.98 Å². The minimum atomic E-state index is 0.0502. The van der Waals surface area contributed by atoms with Gasteiger partial charge in [0.2, 0.25) is 0 Å². The minimum Gasteiger partial charge on any atom is -0.338 e. The summed E-state index contributed by atoms with van der Waals surface area (Å²) in [6, 6.07) is 15.0. The van der Waals surface area contributed by atoms with Crippen molar-refractivity contribution in [1.82, 2.24) is 9.88 Å². The molecule has 1 aromatic heterocycles. The first-order valence-corrected chi connectivity index (χ1v) is 9.29. The Morgan fingerprint density at radius 3 is 2.74 bits per heavy atom. The molecule has 5 heteroatoms. The maximum absolute atomic E-state index is 6.08. The van der Waals surface area contributed by atoms with Crippen molar-refractivity contribution in [1.29, 1.82) is 0 Å². The molecule has 1 saturated heterocycles. The summed E-state index contributed by atoms with van der Waals surface area (Å²) in [5.74, 6) is 1.12. The third-order valence-electron chi connectivity index (χ3n) is 4.54. The number of thioether (sulfide) groups is 1. The fraction of sp³-hybridized carbons (Fsp3) is 0.333. The summed E-state index contributed by atoms with van der Waals surface area (Å²) in [5, 5.41) is 1.93. The molecule has 2 aliphatic rings. The highest BCUT2D eigenvalue weighted by atomic mass is 35.5. The van der Waals surface area contributed by atoms with Crippen LogP contribution in [-0.2, 0) is 0 Å². The lowest BCUT2D eigenvalue weighted by molar-refractivity contribution is 0.255. The van der Waals surface area contributed by atoms with E-state index in [0.29, 0.717) is 6.04 Å². The number of pyridine rings is 1. The fourth-order valence-corrected chi connectivity index (χ4v) is 4.83. The molecule has 1 aromatic carbocycles. The van der Waals surface area contributed by atoms with Gasteiger partial charge in [0.1, 0.15) is 6.04 Å². The fourth-order valence-electron chi connectivity index (χ4n) is 3.37. The standard InChI is InChI=1S/C18H18ClN3S/c1-2-14-11-23-18-21-16(15-5-3-4-10-20-15)17(22(14)18)12-6-8-13(19)9-7-12/h3-10,14,16-17H,2,11H2,1H3/t14-,16-,17-/m1/s1. The molecule has 0 saturated carbocycles. The number of hydrogen-bond donors (Lipinski definition) is 0. The van der Waals surface area contributed by atoms with Crippen LogP contribution in [0.3, 0.4) is 0 Å². The van der Waals surface area contributed by atoms with Gasteiger partial charge in [0.25, 0.3) is 0 Å². The highest BCUT2D eigenvalue weighted by Crippen LogP contribution is 2.48. The Balaban J connectivity index is 1.78. The van der Waals surface area contributed by atoms with Crippen molar-refractivity contribution < 1.29 is 0 Å². The van der Waals surface area contributed by atoms with Gasteiger partial charge in [-0.2, -0.15) is 0 Å². The number of hydrogen-bond acceptors (Lipinski definition) is 4. The summed E-state index contributed by atoms with van der Waals surface area (Å²) in [6.45, 7) is 2.25. The van der Waals surface area contributed by atoms with E-state index in [-0.39, 0.29) is 12.1 Å². The van der Waals surface area contributed by atoms with Gasteiger partial charge in [-0.1, -0.05) is 48.5 Å².